The Hall–Kier alpha value is -2.60. The zero-order valence-electron chi connectivity index (χ0n) is 18.7. The molecule has 0 unspecified atom stereocenters. The van der Waals surface area contributed by atoms with Crippen LogP contribution in [0.25, 0.3) is 0 Å². The first-order valence-corrected chi connectivity index (χ1v) is 11.9. The second kappa shape index (κ2) is 11.5. The van der Waals surface area contributed by atoms with Gasteiger partial charge in [0.2, 0.25) is 0 Å². The lowest BCUT2D eigenvalue weighted by molar-refractivity contribution is 0.122. The SMILES string of the molecule is CCOc1cc(CNc2ccc(N3CCOCC3)c(Cl)c2)c(Cl)cc1OCc1ccccc1. The molecule has 7 heteroatoms. The molecule has 0 bridgehead atoms. The van der Waals surface area contributed by atoms with E-state index in [0.717, 1.165) is 48.8 Å². The van der Waals surface area contributed by atoms with Crippen LogP contribution in [0.2, 0.25) is 10.0 Å². The minimum Gasteiger partial charge on any atom is -0.490 e. The van der Waals surface area contributed by atoms with Crippen LogP contribution in [0.4, 0.5) is 11.4 Å². The molecule has 0 radical (unpaired) electrons. The van der Waals surface area contributed by atoms with Crippen LogP contribution < -0.4 is 19.7 Å². The van der Waals surface area contributed by atoms with Crippen molar-refractivity contribution in [3.05, 3.63) is 81.8 Å². The van der Waals surface area contributed by atoms with Crippen LogP contribution in [0.15, 0.2) is 60.7 Å². The standard InChI is InChI=1S/C26H28Cl2N2O3/c1-2-32-25-14-20(22(27)16-26(25)33-18-19-6-4-3-5-7-19)17-29-21-8-9-24(23(28)15-21)30-10-12-31-13-11-30/h3-9,14-16,29H,2,10-13,17-18H2,1H3. The minimum absolute atomic E-state index is 0.447. The molecule has 0 aliphatic carbocycles. The highest BCUT2D eigenvalue weighted by atomic mass is 35.5. The van der Waals surface area contributed by atoms with Crippen molar-refractivity contribution in [3.8, 4) is 11.5 Å². The quantitative estimate of drug-likeness (QED) is 0.377. The van der Waals surface area contributed by atoms with Crippen LogP contribution in [-0.4, -0.2) is 32.9 Å². The van der Waals surface area contributed by atoms with Crippen LogP contribution in [0.1, 0.15) is 18.1 Å². The van der Waals surface area contributed by atoms with Crippen molar-refractivity contribution in [2.75, 3.05) is 43.1 Å². The summed E-state index contributed by atoms with van der Waals surface area (Å²) in [5.41, 5.74) is 3.96. The lowest BCUT2D eigenvalue weighted by Crippen LogP contribution is -2.36. The average molecular weight is 487 g/mol. The molecular weight excluding hydrogens is 459 g/mol. The maximum Gasteiger partial charge on any atom is 0.163 e. The number of ether oxygens (including phenoxy) is 3. The number of morpholine rings is 1. The van der Waals surface area contributed by atoms with Gasteiger partial charge in [0, 0.05) is 36.4 Å². The second-order valence-electron chi connectivity index (χ2n) is 7.72. The molecule has 3 aromatic rings. The summed E-state index contributed by atoms with van der Waals surface area (Å²) in [6.07, 6.45) is 0. The fourth-order valence-corrected chi connectivity index (χ4v) is 4.22. The van der Waals surface area contributed by atoms with Gasteiger partial charge in [0.05, 0.1) is 30.5 Å². The molecule has 0 amide bonds. The normalized spacial score (nSPS) is 13.6. The van der Waals surface area contributed by atoms with Crippen molar-refractivity contribution in [2.24, 2.45) is 0 Å². The van der Waals surface area contributed by atoms with Gasteiger partial charge in [-0.2, -0.15) is 0 Å². The summed E-state index contributed by atoms with van der Waals surface area (Å²) in [4.78, 5) is 2.25. The molecule has 1 fully saturated rings. The van der Waals surface area contributed by atoms with Crippen molar-refractivity contribution in [1.29, 1.82) is 0 Å². The van der Waals surface area contributed by atoms with Gasteiger partial charge in [-0.1, -0.05) is 53.5 Å². The molecule has 3 aromatic carbocycles. The highest BCUT2D eigenvalue weighted by molar-refractivity contribution is 6.33. The van der Waals surface area contributed by atoms with Crippen LogP contribution in [0, 0.1) is 0 Å². The van der Waals surface area contributed by atoms with E-state index in [0.29, 0.717) is 41.3 Å². The Morgan fingerprint density at radius 1 is 0.909 bits per heavy atom. The topological polar surface area (TPSA) is 43.0 Å². The lowest BCUT2D eigenvalue weighted by atomic mass is 10.1. The summed E-state index contributed by atoms with van der Waals surface area (Å²) in [5, 5.41) is 4.74. The molecule has 0 aromatic heterocycles. The van der Waals surface area contributed by atoms with Crippen LogP contribution in [-0.2, 0) is 17.9 Å². The smallest absolute Gasteiger partial charge is 0.163 e. The largest absolute Gasteiger partial charge is 0.490 e. The predicted molar refractivity (Wildman–Crippen MR) is 135 cm³/mol. The minimum atomic E-state index is 0.447. The Morgan fingerprint density at radius 2 is 1.67 bits per heavy atom. The Morgan fingerprint density at radius 3 is 2.39 bits per heavy atom. The van der Waals surface area contributed by atoms with E-state index in [1.807, 2.05) is 67.6 Å². The van der Waals surface area contributed by atoms with Gasteiger partial charge in [0.25, 0.3) is 0 Å². The van der Waals surface area contributed by atoms with E-state index in [1.165, 1.54) is 0 Å². The van der Waals surface area contributed by atoms with Gasteiger partial charge >= 0.3 is 0 Å². The number of benzene rings is 3. The van der Waals surface area contributed by atoms with E-state index in [2.05, 4.69) is 10.2 Å². The summed E-state index contributed by atoms with van der Waals surface area (Å²) < 4.78 is 17.3. The number of nitrogens with one attached hydrogen (secondary N) is 1. The third kappa shape index (κ3) is 6.26. The van der Waals surface area contributed by atoms with Gasteiger partial charge in [-0.15, -0.1) is 0 Å². The Labute approximate surface area is 205 Å². The second-order valence-corrected chi connectivity index (χ2v) is 8.53. The molecule has 4 rings (SSSR count). The summed E-state index contributed by atoms with van der Waals surface area (Å²) in [7, 11) is 0. The summed E-state index contributed by atoms with van der Waals surface area (Å²) in [6, 6.07) is 19.8. The Balaban J connectivity index is 1.44. The van der Waals surface area contributed by atoms with E-state index in [4.69, 9.17) is 37.4 Å². The molecule has 1 saturated heterocycles. The summed E-state index contributed by atoms with van der Waals surface area (Å²) in [5.74, 6) is 1.31. The molecular formula is C26H28Cl2N2O3. The highest BCUT2D eigenvalue weighted by Crippen LogP contribution is 2.35. The van der Waals surface area contributed by atoms with E-state index >= 15 is 0 Å². The van der Waals surface area contributed by atoms with Crippen LogP contribution in [0.3, 0.4) is 0 Å². The molecule has 33 heavy (non-hydrogen) atoms. The summed E-state index contributed by atoms with van der Waals surface area (Å²) in [6.45, 7) is 6.61. The number of anilines is 2. The Bertz CT molecular complexity index is 1060. The van der Waals surface area contributed by atoms with Gasteiger partial charge in [-0.3, -0.25) is 0 Å². The number of hydrogen-bond acceptors (Lipinski definition) is 5. The molecule has 1 aliphatic heterocycles. The predicted octanol–water partition coefficient (Wildman–Crippen LogP) is 6.42. The zero-order valence-corrected chi connectivity index (χ0v) is 20.2. The molecule has 1 heterocycles. The van der Waals surface area contributed by atoms with Crippen LogP contribution in [0.5, 0.6) is 11.5 Å². The van der Waals surface area contributed by atoms with E-state index in [1.54, 1.807) is 0 Å². The van der Waals surface area contributed by atoms with E-state index < -0.39 is 0 Å². The molecule has 1 N–H and O–H groups in total. The molecule has 0 saturated carbocycles. The molecule has 5 nitrogen and oxygen atoms in total. The fraction of sp³-hybridized carbons (Fsp3) is 0.308. The third-order valence-corrected chi connectivity index (χ3v) is 6.09. The van der Waals surface area contributed by atoms with Gasteiger partial charge in [-0.05, 0) is 42.3 Å². The summed E-state index contributed by atoms with van der Waals surface area (Å²) >= 11 is 13.2. The number of halogens is 2. The van der Waals surface area contributed by atoms with Crippen molar-refractivity contribution < 1.29 is 14.2 Å². The first kappa shape index (κ1) is 23.6. The average Bonchev–Trinajstić information content (AvgIpc) is 2.84. The number of nitrogens with zero attached hydrogens (tertiary/aromatic N) is 1. The van der Waals surface area contributed by atoms with Gasteiger partial charge in [0.1, 0.15) is 6.61 Å². The Kier molecular flexibility index (Phi) is 8.21. The highest BCUT2D eigenvalue weighted by Gasteiger charge is 2.15. The van der Waals surface area contributed by atoms with Gasteiger partial charge in [0.15, 0.2) is 11.5 Å². The van der Waals surface area contributed by atoms with Gasteiger partial charge in [-0.25, -0.2) is 0 Å². The van der Waals surface area contributed by atoms with Crippen molar-refractivity contribution in [3.63, 3.8) is 0 Å². The molecule has 0 atom stereocenters. The monoisotopic (exact) mass is 486 g/mol. The van der Waals surface area contributed by atoms with Crippen LogP contribution >= 0.6 is 23.2 Å². The van der Waals surface area contributed by atoms with Crippen molar-refractivity contribution in [1.82, 2.24) is 0 Å². The molecule has 0 spiro atoms. The first-order chi connectivity index (χ1) is 16.1. The number of hydrogen-bond donors (Lipinski definition) is 1. The van der Waals surface area contributed by atoms with Gasteiger partial charge < -0.3 is 24.4 Å². The lowest BCUT2D eigenvalue weighted by Gasteiger charge is -2.29. The fourth-order valence-electron chi connectivity index (χ4n) is 3.70. The van der Waals surface area contributed by atoms with E-state index in [9.17, 15) is 0 Å². The van der Waals surface area contributed by atoms with Crippen molar-refractivity contribution in [2.45, 2.75) is 20.1 Å². The van der Waals surface area contributed by atoms with E-state index in [-0.39, 0.29) is 0 Å². The maximum absolute atomic E-state index is 6.59. The molecule has 1 aliphatic rings. The third-order valence-electron chi connectivity index (χ3n) is 5.43. The number of rotatable bonds is 9. The first-order valence-electron chi connectivity index (χ1n) is 11.1. The zero-order chi connectivity index (χ0) is 23.0. The van der Waals surface area contributed by atoms with Crippen molar-refractivity contribution >= 4 is 34.6 Å². The molecule has 174 valence electrons. The maximum atomic E-state index is 6.59.